The number of anilines is 1. The molecule has 1 saturated heterocycles. The largest absolute Gasteiger partial charge is 0.347 e. The minimum absolute atomic E-state index is 0.0851. The van der Waals surface area contributed by atoms with Crippen LogP contribution in [0.5, 0.6) is 0 Å². The van der Waals surface area contributed by atoms with Gasteiger partial charge in [0.1, 0.15) is 5.82 Å². The molecule has 2 N–H and O–H groups in total. The number of hydrogen-bond acceptors (Lipinski definition) is 5. The number of piperidine rings is 1. The Morgan fingerprint density at radius 3 is 2.77 bits per heavy atom. The Balaban J connectivity index is 1.39. The Morgan fingerprint density at radius 1 is 1.10 bits per heavy atom. The number of amides is 2. The number of likely N-dealkylation sites (tertiary alicyclic amines) is 1. The number of nitrogens with zero attached hydrogens (tertiary/aromatic N) is 3. The molecule has 0 saturated carbocycles. The van der Waals surface area contributed by atoms with Crippen LogP contribution in [0.2, 0.25) is 0 Å². The number of aromatic nitrogens is 2. The van der Waals surface area contributed by atoms with Gasteiger partial charge in [-0.05, 0) is 57.4 Å². The summed E-state index contributed by atoms with van der Waals surface area (Å²) in [6, 6.07) is 5.54. The number of benzene rings is 1. The lowest BCUT2D eigenvalue weighted by Gasteiger charge is -2.33. The Hall–Kier alpha value is -2.74. The highest BCUT2D eigenvalue weighted by atomic mass is 16.2. The van der Waals surface area contributed by atoms with Gasteiger partial charge in [-0.15, -0.1) is 0 Å². The molecule has 1 aromatic heterocycles. The van der Waals surface area contributed by atoms with E-state index >= 15 is 0 Å². The van der Waals surface area contributed by atoms with Gasteiger partial charge >= 0.3 is 11.8 Å². The van der Waals surface area contributed by atoms with Crippen molar-refractivity contribution in [2.75, 3.05) is 25.0 Å². The van der Waals surface area contributed by atoms with Crippen LogP contribution >= 0.6 is 0 Å². The van der Waals surface area contributed by atoms with Crippen LogP contribution in [-0.2, 0) is 22.6 Å². The van der Waals surface area contributed by atoms with Crippen molar-refractivity contribution < 1.29 is 9.59 Å². The van der Waals surface area contributed by atoms with Gasteiger partial charge in [0.25, 0.3) is 5.56 Å². The zero-order valence-corrected chi connectivity index (χ0v) is 18.2. The fourth-order valence-corrected chi connectivity index (χ4v) is 4.57. The van der Waals surface area contributed by atoms with Crippen LogP contribution in [0.15, 0.2) is 23.0 Å². The van der Waals surface area contributed by atoms with Crippen molar-refractivity contribution in [1.29, 1.82) is 0 Å². The minimum Gasteiger partial charge on any atom is -0.347 e. The molecule has 2 amide bonds. The maximum atomic E-state index is 12.9. The molecule has 2 aromatic rings. The van der Waals surface area contributed by atoms with E-state index in [0.29, 0.717) is 35.7 Å². The summed E-state index contributed by atoms with van der Waals surface area (Å²) >= 11 is 0. The molecule has 1 aromatic carbocycles. The van der Waals surface area contributed by atoms with E-state index in [-0.39, 0.29) is 5.56 Å². The lowest BCUT2D eigenvalue weighted by molar-refractivity contribution is -0.136. The van der Waals surface area contributed by atoms with Crippen molar-refractivity contribution in [1.82, 2.24) is 19.8 Å². The van der Waals surface area contributed by atoms with E-state index in [9.17, 15) is 14.4 Å². The predicted octanol–water partition coefficient (Wildman–Crippen LogP) is 2.05. The maximum absolute atomic E-state index is 12.9. The zero-order chi connectivity index (χ0) is 21.8. The summed E-state index contributed by atoms with van der Waals surface area (Å²) in [6.45, 7) is 5.08. The predicted molar refractivity (Wildman–Crippen MR) is 120 cm³/mol. The number of carbonyl (C=O) groups excluding carboxylic acids is 2. The molecule has 2 aliphatic heterocycles. The number of fused-ring (bicyclic) bond motifs is 2. The highest BCUT2D eigenvalue weighted by molar-refractivity contribution is 6.39. The average Bonchev–Trinajstić information content (AvgIpc) is 3.01. The Morgan fingerprint density at radius 2 is 1.94 bits per heavy atom. The second-order valence-electron chi connectivity index (χ2n) is 8.62. The summed E-state index contributed by atoms with van der Waals surface area (Å²) in [7, 11) is 0. The van der Waals surface area contributed by atoms with E-state index < -0.39 is 11.8 Å². The number of aryl methyl sites for hydroxylation is 1. The summed E-state index contributed by atoms with van der Waals surface area (Å²) in [5.41, 5.74) is 0.958. The van der Waals surface area contributed by atoms with Crippen LogP contribution in [0.1, 0.15) is 51.3 Å². The van der Waals surface area contributed by atoms with Gasteiger partial charge in [0.05, 0.1) is 10.9 Å². The SMILES string of the molecule is C[C@@H]1CCCCN1CCNC(=O)C(=O)Nc1ccc2nc3n(c(=O)c2c1)CCCCC3. The molecule has 0 unspecified atom stereocenters. The first-order valence-electron chi connectivity index (χ1n) is 11.4. The first kappa shape index (κ1) is 21.5. The summed E-state index contributed by atoms with van der Waals surface area (Å²) in [4.78, 5) is 44.5. The van der Waals surface area contributed by atoms with Crippen molar-refractivity contribution in [2.24, 2.45) is 0 Å². The van der Waals surface area contributed by atoms with Crippen molar-refractivity contribution in [3.05, 3.63) is 34.4 Å². The zero-order valence-electron chi connectivity index (χ0n) is 18.2. The molecule has 0 radical (unpaired) electrons. The average molecular weight is 426 g/mol. The van der Waals surface area contributed by atoms with Crippen LogP contribution in [0.4, 0.5) is 5.69 Å². The van der Waals surface area contributed by atoms with Gasteiger partial charge in [-0.1, -0.05) is 12.8 Å². The van der Waals surface area contributed by atoms with Crippen LogP contribution in [-0.4, -0.2) is 51.9 Å². The standard InChI is InChI=1S/C23H31N5O3/c1-16-7-4-6-12-27(16)14-11-24-21(29)22(30)25-17-9-10-19-18(15-17)23(31)28-13-5-2-3-8-20(28)26-19/h9-10,15-16H,2-8,11-14H2,1H3,(H,24,29)(H,25,30)/t16-/m1/s1. The van der Waals surface area contributed by atoms with Crippen molar-refractivity contribution in [3.8, 4) is 0 Å². The fourth-order valence-electron chi connectivity index (χ4n) is 4.57. The second kappa shape index (κ2) is 9.60. The van der Waals surface area contributed by atoms with Gasteiger partial charge in [-0.3, -0.25) is 23.9 Å². The van der Waals surface area contributed by atoms with E-state index in [1.807, 2.05) is 0 Å². The molecular formula is C23H31N5O3. The summed E-state index contributed by atoms with van der Waals surface area (Å²) < 4.78 is 1.75. The molecule has 1 fully saturated rings. The molecule has 0 aliphatic carbocycles. The van der Waals surface area contributed by atoms with Gasteiger partial charge in [0, 0.05) is 37.8 Å². The number of hydrogen-bond donors (Lipinski definition) is 2. The molecule has 4 rings (SSSR count). The van der Waals surface area contributed by atoms with E-state index in [4.69, 9.17) is 0 Å². The van der Waals surface area contributed by atoms with Gasteiger partial charge in [-0.2, -0.15) is 0 Å². The first-order chi connectivity index (χ1) is 15.0. The van der Waals surface area contributed by atoms with Crippen LogP contribution in [0.25, 0.3) is 10.9 Å². The summed E-state index contributed by atoms with van der Waals surface area (Å²) in [6.07, 6.45) is 7.50. The molecule has 3 heterocycles. The van der Waals surface area contributed by atoms with E-state index in [0.717, 1.165) is 44.6 Å². The van der Waals surface area contributed by atoms with Crippen molar-refractivity contribution in [3.63, 3.8) is 0 Å². The lowest BCUT2D eigenvalue weighted by atomic mass is 10.0. The smallest absolute Gasteiger partial charge is 0.313 e. The molecular weight excluding hydrogens is 394 g/mol. The van der Waals surface area contributed by atoms with Gasteiger partial charge in [0.15, 0.2) is 0 Å². The highest BCUT2D eigenvalue weighted by Crippen LogP contribution is 2.18. The molecule has 2 aliphatic rings. The van der Waals surface area contributed by atoms with Gasteiger partial charge in [0.2, 0.25) is 0 Å². The Labute approximate surface area is 182 Å². The van der Waals surface area contributed by atoms with Crippen LogP contribution in [0, 0.1) is 0 Å². The maximum Gasteiger partial charge on any atom is 0.313 e. The van der Waals surface area contributed by atoms with E-state index in [1.165, 1.54) is 19.3 Å². The third-order valence-corrected chi connectivity index (χ3v) is 6.40. The normalized spacial score (nSPS) is 19.5. The van der Waals surface area contributed by atoms with Gasteiger partial charge in [-0.25, -0.2) is 4.98 Å². The summed E-state index contributed by atoms with van der Waals surface area (Å²) in [5, 5.41) is 5.77. The molecule has 1 atom stereocenters. The lowest BCUT2D eigenvalue weighted by Crippen LogP contribution is -2.44. The van der Waals surface area contributed by atoms with Crippen molar-refractivity contribution in [2.45, 2.75) is 64.5 Å². The molecule has 0 spiro atoms. The van der Waals surface area contributed by atoms with Crippen LogP contribution < -0.4 is 16.2 Å². The summed E-state index contributed by atoms with van der Waals surface area (Å²) in [5.74, 6) is -0.565. The quantitative estimate of drug-likeness (QED) is 0.731. The molecule has 0 bridgehead atoms. The number of nitrogens with one attached hydrogen (secondary N) is 2. The third-order valence-electron chi connectivity index (χ3n) is 6.40. The van der Waals surface area contributed by atoms with Gasteiger partial charge < -0.3 is 10.6 Å². The van der Waals surface area contributed by atoms with E-state index in [1.54, 1.807) is 22.8 Å². The minimum atomic E-state index is -0.728. The van der Waals surface area contributed by atoms with Crippen LogP contribution in [0.3, 0.4) is 0 Å². The molecule has 8 heteroatoms. The number of rotatable bonds is 4. The van der Waals surface area contributed by atoms with E-state index in [2.05, 4.69) is 27.4 Å². The fraction of sp³-hybridized carbons (Fsp3) is 0.565. The second-order valence-corrected chi connectivity index (χ2v) is 8.62. The Kier molecular flexibility index (Phi) is 6.65. The monoisotopic (exact) mass is 425 g/mol. The van der Waals surface area contributed by atoms with Crippen molar-refractivity contribution >= 4 is 28.4 Å². The number of carbonyl (C=O) groups is 2. The first-order valence-corrected chi connectivity index (χ1v) is 11.4. The topological polar surface area (TPSA) is 96.3 Å². The molecule has 166 valence electrons. The third kappa shape index (κ3) is 4.95. The molecule has 31 heavy (non-hydrogen) atoms. The Bertz CT molecular complexity index is 1030. The molecule has 8 nitrogen and oxygen atoms in total. The highest BCUT2D eigenvalue weighted by Gasteiger charge is 2.19.